The first-order valence-corrected chi connectivity index (χ1v) is 13.0. The summed E-state index contributed by atoms with van der Waals surface area (Å²) in [6.07, 6.45) is 0.0633. The fourth-order valence-corrected chi connectivity index (χ4v) is 4.31. The first-order chi connectivity index (χ1) is 17.6. The van der Waals surface area contributed by atoms with E-state index in [1.54, 1.807) is 0 Å². The molecule has 0 spiro atoms. The third-order valence-electron chi connectivity index (χ3n) is 6.06. The van der Waals surface area contributed by atoms with E-state index in [-0.39, 0.29) is 34.2 Å². The van der Waals surface area contributed by atoms with E-state index >= 15 is 0 Å². The van der Waals surface area contributed by atoms with Gasteiger partial charge < -0.3 is 15.2 Å². The van der Waals surface area contributed by atoms with Crippen LogP contribution in [0.4, 0.5) is 23.8 Å². The third kappa shape index (κ3) is 9.02. The number of nitrogens with one attached hydrogen (secondary N) is 2. The molecule has 1 aliphatic carbocycles. The van der Waals surface area contributed by atoms with Crippen molar-refractivity contribution in [1.82, 2.24) is 4.98 Å². The van der Waals surface area contributed by atoms with Gasteiger partial charge in [0.15, 0.2) is 0 Å². The first-order valence-electron chi connectivity index (χ1n) is 13.0. The average Bonchev–Trinajstić information content (AvgIpc) is 3.22. The Morgan fingerprint density at radius 1 is 1.29 bits per heavy atom. The second kappa shape index (κ2) is 13.1. The standard InChI is InChI=1S/C14H13F3N4O2.C13H26O2/c15-14(16,17)11-9-7(10(19)6-2-1-3-8(6)18)4-5-20-12(9)21-13(22)23-11;1-6-7-8-9-11(2)10-12(14)15-13(3,4)5/h4-5,11,19H,1-3,18H2,(H,20,21,22);11H,6-10H2,1-5H3. The van der Waals surface area contributed by atoms with E-state index in [4.69, 9.17) is 15.9 Å². The maximum Gasteiger partial charge on any atom is 0.430 e. The number of halogens is 3. The van der Waals surface area contributed by atoms with Crippen molar-refractivity contribution in [2.75, 3.05) is 5.32 Å². The molecular weight excluding hydrogens is 501 g/mol. The number of unbranched alkanes of at least 4 members (excludes halogenated alkanes) is 2. The Morgan fingerprint density at radius 3 is 2.53 bits per heavy atom. The number of fused-ring (bicyclic) bond motifs is 1. The number of nitrogens with two attached hydrogens (primary N) is 1. The zero-order valence-corrected chi connectivity index (χ0v) is 22.8. The van der Waals surface area contributed by atoms with Gasteiger partial charge >= 0.3 is 18.2 Å². The number of hydrogen-bond acceptors (Lipinski definition) is 7. The predicted molar refractivity (Wildman–Crippen MR) is 139 cm³/mol. The molecule has 3 rings (SSSR count). The summed E-state index contributed by atoms with van der Waals surface area (Å²) in [5.74, 6) is 0.140. The molecule has 0 saturated heterocycles. The molecular formula is C27H39F3N4O4. The summed E-state index contributed by atoms with van der Waals surface area (Å²) in [4.78, 5) is 26.6. The Morgan fingerprint density at radius 2 is 1.97 bits per heavy atom. The molecule has 8 nitrogen and oxygen atoms in total. The van der Waals surface area contributed by atoms with E-state index in [0.29, 0.717) is 36.5 Å². The summed E-state index contributed by atoms with van der Waals surface area (Å²) in [5, 5.41) is 10.4. The van der Waals surface area contributed by atoms with Crippen molar-refractivity contribution in [3.8, 4) is 0 Å². The molecule has 2 unspecified atom stereocenters. The minimum Gasteiger partial charge on any atom is -0.460 e. The smallest absolute Gasteiger partial charge is 0.430 e. The van der Waals surface area contributed by atoms with Crippen LogP contribution in [0.2, 0.25) is 0 Å². The molecule has 1 aromatic rings. The Kier molecular flexibility index (Phi) is 10.7. The largest absolute Gasteiger partial charge is 0.460 e. The molecule has 2 heterocycles. The van der Waals surface area contributed by atoms with Crippen molar-refractivity contribution < 1.29 is 32.2 Å². The highest BCUT2D eigenvalue weighted by Gasteiger charge is 2.49. The average molecular weight is 541 g/mol. The van der Waals surface area contributed by atoms with Crippen molar-refractivity contribution in [2.45, 2.75) is 104 Å². The number of esters is 1. The van der Waals surface area contributed by atoms with Gasteiger partial charge in [-0.15, -0.1) is 0 Å². The fraction of sp³-hybridized carbons (Fsp3) is 0.630. The highest BCUT2D eigenvalue weighted by Crippen LogP contribution is 2.43. The molecule has 11 heteroatoms. The Balaban J connectivity index is 0.000000296. The molecule has 0 fully saturated rings. The maximum atomic E-state index is 13.3. The van der Waals surface area contributed by atoms with Crippen LogP contribution in [0.1, 0.15) is 103 Å². The van der Waals surface area contributed by atoms with Crippen LogP contribution in [0.3, 0.4) is 0 Å². The number of cyclic esters (lactones) is 1. The van der Waals surface area contributed by atoms with Crippen LogP contribution in [-0.2, 0) is 14.3 Å². The van der Waals surface area contributed by atoms with E-state index in [1.807, 2.05) is 20.8 Å². The number of pyridine rings is 1. The Hall–Kier alpha value is -3.11. The van der Waals surface area contributed by atoms with Crippen LogP contribution in [0.15, 0.2) is 23.5 Å². The lowest BCUT2D eigenvalue weighted by molar-refractivity contribution is -0.206. The van der Waals surface area contributed by atoms with Crippen LogP contribution in [0.5, 0.6) is 0 Å². The summed E-state index contributed by atoms with van der Waals surface area (Å²) in [6, 6.07) is 1.30. The van der Waals surface area contributed by atoms with Gasteiger partial charge in [-0.25, -0.2) is 9.78 Å². The summed E-state index contributed by atoms with van der Waals surface area (Å²) >= 11 is 0. The van der Waals surface area contributed by atoms with Crippen LogP contribution in [-0.4, -0.2) is 34.5 Å². The van der Waals surface area contributed by atoms with Crippen LogP contribution in [0, 0.1) is 11.3 Å². The van der Waals surface area contributed by atoms with Gasteiger partial charge in [0.2, 0.25) is 6.10 Å². The number of aromatic nitrogens is 1. The number of nitrogens with zero attached hydrogens (tertiary/aromatic N) is 1. The number of carbonyl (C=O) groups excluding carboxylic acids is 2. The first kappa shape index (κ1) is 31.1. The lowest BCUT2D eigenvalue weighted by Gasteiger charge is -2.29. The van der Waals surface area contributed by atoms with Gasteiger partial charge in [0, 0.05) is 23.9 Å². The molecule has 1 aliphatic heterocycles. The van der Waals surface area contributed by atoms with Gasteiger partial charge in [-0.05, 0) is 57.6 Å². The van der Waals surface area contributed by atoms with Crippen molar-refractivity contribution >= 4 is 23.6 Å². The van der Waals surface area contributed by atoms with Gasteiger partial charge in [0.25, 0.3) is 0 Å². The molecule has 1 amide bonds. The minimum absolute atomic E-state index is 0.0113. The molecule has 4 N–H and O–H groups in total. The van der Waals surface area contributed by atoms with Gasteiger partial charge in [-0.3, -0.25) is 15.5 Å². The fourth-order valence-electron chi connectivity index (χ4n) is 4.31. The van der Waals surface area contributed by atoms with Crippen molar-refractivity contribution in [3.63, 3.8) is 0 Å². The second-order valence-corrected chi connectivity index (χ2v) is 10.7. The van der Waals surface area contributed by atoms with E-state index in [1.165, 1.54) is 31.5 Å². The molecule has 0 bridgehead atoms. The van der Waals surface area contributed by atoms with Crippen LogP contribution >= 0.6 is 0 Å². The molecule has 1 aromatic heterocycles. The number of amides is 1. The second-order valence-electron chi connectivity index (χ2n) is 10.7. The normalized spacial score (nSPS) is 18.0. The number of rotatable bonds is 8. The van der Waals surface area contributed by atoms with E-state index in [9.17, 15) is 22.8 Å². The minimum atomic E-state index is -4.81. The van der Waals surface area contributed by atoms with E-state index in [2.05, 4.69) is 28.9 Å². The molecule has 2 aliphatic rings. The maximum absolute atomic E-state index is 13.3. The zero-order chi connectivity index (χ0) is 28.7. The molecule has 0 radical (unpaired) electrons. The van der Waals surface area contributed by atoms with Gasteiger partial charge in [-0.1, -0.05) is 39.5 Å². The zero-order valence-electron chi connectivity index (χ0n) is 22.8. The van der Waals surface area contributed by atoms with Gasteiger partial charge in [0.05, 0.1) is 11.3 Å². The van der Waals surface area contributed by atoms with Crippen molar-refractivity contribution in [1.29, 1.82) is 5.41 Å². The summed E-state index contributed by atoms with van der Waals surface area (Å²) in [6.45, 7) is 10.0. The van der Waals surface area contributed by atoms with E-state index < -0.39 is 18.4 Å². The van der Waals surface area contributed by atoms with Gasteiger partial charge in [0.1, 0.15) is 11.4 Å². The monoisotopic (exact) mass is 540 g/mol. The third-order valence-corrected chi connectivity index (χ3v) is 6.06. The quantitative estimate of drug-likeness (QED) is 0.186. The molecule has 212 valence electrons. The lowest BCUT2D eigenvalue weighted by atomic mass is 9.93. The summed E-state index contributed by atoms with van der Waals surface area (Å²) in [5.41, 5.74) is 6.07. The van der Waals surface area contributed by atoms with Gasteiger partial charge in [-0.2, -0.15) is 13.2 Å². The van der Waals surface area contributed by atoms with Crippen LogP contribution < -0.4 is 11.1 Å². The number of hydrogen-bond donors (Lipinski definition) is 3. The highest BCUT2D eigenvalue weighted by molar-refractivity contribution is 6.13. The molecule has 38 heavy (non-hydrogen) atoms. The SMILES string of the molecule is CCCCCC(C)CC(=O)OC(C)(C)C.N=C(C1=C(N)CCC1)c1ccnc2c1C(C(F)(F)F)OC(=O)N2. The number of anilines is 1. The van der Waals surface area contributed by atoms with Crippen LogP contribution in [0.25, 0.3) is 0 Å². The molecule has 0 aromatic carbocycles. The number of carbonyl (C=O) groups is 2. The Bertz CT molecular complexity index is 1050. The Labute approximate surface area is 222 Å². The predicted octanol–water partition coefficient (Wildman–Crippen LogP) is 6.95. The number of allylic oxidation sites excluding steroid dienone is 2. The summed E-state index contributed by atoms with van der Waals surface area (Å²) in [7, 11) is 0. The summed E-state index contributed by atoms with van der Waals surface area (Å²) < 4.78 is 49.4. The van der Waals surface area contributed by atoms with E-state index in [0.717, 1.165) is 12.8 Å². The lowest BCUT2D eigenvalue weighted by Crippen LogP contribution is -2.35. The molecule has 2 atom stereocenters. The van der Waals surface area contributed by atoms with Crippen molar-refractivity contribution in [2.24, 2.45) is 11.7 Å². The number of alkyl halides is 3. The molecule has 0 saturated carbocycles. The highest BCUT2D eigenvalue weighted by atomic mass is 19.4. The topological polar surface area (TPSA) is 127 Å². The van der Waals surface area contributed by atoms with Crippen molar-refractivity contribution in [3.05, 3.63) is 34.7 Å². The number of ether oxygens (including phenoxy) is 2.